The lowest BCUT2D eigenvalue weighted by molar-refractivity contribution is -0.144. The molecule has 1 heterocycles. The number of ether oxygens (including phenoxy) is 1. The first-order valence-corrected chi connectivity index (χ1v) is 6.83. The van der Waals surface area contributed by atoms with Crippen LogP contribution < -0.4 is 4.74 Å². The number of benzene rings is 1. The standard InChI is InChI=1S/C15H22N2O3/c1-11(15(19)17-8-13(9-17)16(2)3)20-14-6-4-5-12(7-14)10-18/h4-7,11,13,18H,8-10H2,1-3H3. The lowest BCUT2D eigenvalue weighted by Crippen LogP contribution is -2.61. The molecule has 1 unspecified atom stereocenters. The molecule has 1 aromatic carbocycles. The summed E-state index contributed by atoms with van der Waals surface area (Å²) in [6.45, 7) is 3.25. The second-order valence-electron chi connectivity index (χ2n) is 5.43. The van der Waals surface area contributed by atoms with Crippen molar-refractivity contribution in [2.75, 3.05) is 27.2 Å². The van der Waals surface area contributed by atoms with E-state index in [0.717, 1.165) is 18.7 Å². The van der Waals surface area contributed by atoms with Gasteiger partial charge in [0.05, 0.1) is 6.61 Å². The summed E-state index contributed by atoms with van der Waals surface area (Å²) in [6, 6.07) is 7.62. The maximum Gasteiger partial charge on any atom is 0.263 e. The molecule has 1 fully saturated rings. The van der Waals surface area contributed by atoms with E-state index in [1.807, 2.05) is 31.1 Å². The Kier molecular flexibility index (Phi) is 4.62. The first-order chi connectivity index (χ1) is 9.51. The Hall–Kier alpha value is -1.59. The van der Waals surface area contributed by atoms with E-state index in [1.54, 1.807) is 19.1 Å². The van der Waals surface area contributed by atoms with Gasteiger partial charge in [0.1, 0.15) is 5.75 Å². The zero-order valence-corrected chi connectivity index (χ0v) is 12.2. The van der Waals surface area contributed by atoms with Crippen molar-refractivity contribution in [1.29, 1.82) is 0 Å². The number of aliphatic hydroxyl groups excluding tert-OH is 1. The van der Waals surface area contributed by atoms with Crippen LogP contribution in [-0.4, -0.2) is 60.1 Å². The molecule has 0 bridgehead atoms. The van der Waals surface area contributed by atoms with Crippen LogP contribution in [0, 0.1) is 0 Å². The maximum absolute atomic E-state index is 12.2. The number of likely N-dealkylation sites (N-methyl/N-ethyl adjacent to an activating group) is 1. The summed E-state index contributed by atoms with van der Waals surface area (Å²) in [7, 11) is 4.04. The van der Waals surface area contributed by atoms with Gasteiger partial charge in [-0.3, -0.25) is 4.79 Å². The fraction of sp³-hybridized carbons (Fsp3) is 0.533. The number of rotatable bonds is 5. The quantitative estimate of drug-likeness (QED) is 0.862. The first kappa shape index (κ1) is 14.8. The molecule has 0 spiro atoms. The molecule has 0 aromatic heterocycles. The summed E-state index contributed by atoms with van der Waals surface area (Å²) in [5, 5.41) is 9.09. The molecule has 0 radical (unpaired) electrons. The number of amides is 1. The number of hydrogen-bond donors (Lipinski definition) is 1. The van der Waals surface area contributed by atoms with E-state index in [0.29, 0.717) is 11.8 Å². The minimum atomic E-state index is -0.507. The highest BCUT2D eigenvalue weighted by atomic mass is 16.5. The predicted octanol–water partition coefficient (Wildman–Crippen LogP) is 0.719. The van der Waals surface area contributed by atoms with Crippen LogP contribution in [0.4, 0.5) is 0 Å². The molecule has 5 heteroatoms. The van der Waals surface area contributed by atoms with Gasteiger partial charge in [-0.25, -0.2) is 0 Å². The van der Waals surface area contributed by atoms with Crippen LogP contribution in [0.5, 0.6) is 5.75 Å². The molecule has 1 amide bonds. The van der Waals surface area contributed by atoms with Crippen molar-refractivity contribution in [2.45, 2.75) is 25.7 Å². The lowest BCUT2D eigenvalue weighted by Gasteiger charge is -2.43. The summed E-state index contributed by atoms with van der Waals surface area (Å²) >= 11 is 0. The Morgan fingerprint density at radius 1 is 1.50 bits per heavy atom. The monoisotopic (exact) mass is 278 g/mol. The lowest BCUT2D eigenvalue weighted by atomic mass is 10.1. The Morgan fingerprint density at radius 3 is 2.80 bits per heavy atom. The average molecular weight is 278 g/mol. The van der Waals surface area contributed by atoms with Gasteiger partial charge >= 0.3 is 0 Å². The van der Waals surface area contributed by atoms with Gasteiger partial charge in [0, 0.05) is 19.1 Å². The van der Waals surface area contributed by atoms with Crippen LogP contribution >= 0.6 is 0 Å². The van der Waals surface area contributed by atoms with Gasteiger partial charge in [0.2, 0.25) is 0 Å². The van der Waals surface area contributed by atoms with Gasteiger partial charge in [-0.2, -0.15) is 0 Å². The van der Waals surface area contributed by atoms with Crippen LogP contribution in [0.3, 0.4) is 0 Å². The van der Waals surface area contributed by atoms with E-state index in [2.05, 4.69) is 4.90 Å². The van der Waals surface area contributed by atoms with Crippen LogP contribution in [0.2, 0.25) is 0 Å². The summed E-state index contributed by atoms with van der Waals surface area (Å²) < 4.78 is 5.66. The normalized spacial score (nSPS) is 16.9. The van der Waals surface area contributed by atoms with Gasteiger partial charge in [-0.05, 0) is 38.7 Å². The van der Waals surface area contributed by atoms with Gasteiger partial charge in [-0.15, -0.1) is 0 Å². The van der Waals surface area contributed by atoms with Crippen molar-refractivity contribution in [2.24, 2.45) is 0 Å². The van der Waals surface area contributed by atoms with Crippen molar-refractivity contribution in [3.63, 3.8) is 0 Å². The molecule has 5 nitrogen and oxygen atoms in total. The number of carbonyl (C=O) groups is 1. The molecule has 1 atom stereocenters. The Bertz CT molecular complexity index is 470. The Balaban J connectivity index is 1.88. The third-order valence-electron chi connectivity index (χ3n) is 3.65. The smallest absolute Gasteiger partial charge is 0.263 e. The fourth-order valence-corrected chi connectivity index (χ4v) is 2.19. The number of nitrogens with zero attached hydrogens (tertiary/aromatic N) is 2. The molecule has 0 saturated carbocycles. The SMILES string of the molecule is CC(Oc1cccc(CO)c1)C(=O)N1CC(N(C)C)C1. The minimum Gasteiger partial charge on any atom is -0.481 e. The van der Waals surface area contributed by atoms with E-state index in [1.165, 1.54) is 0 Å². The molecule has 1 aliphatic rings. The summed E-state index contributed by atoms with van der Waals surface area (Å²) in [5.74, 6) is 0.625. The topological polar surface area (TPSA) is 53.0 Å². The van der Waals surface area contributed by atoms with Crippen molar-refractivity contribution < 1.29 is 14.6 Å². The predicted molar refractivity (Wildman–Crippen MR) is 76.5 cm³/mol. The van der Waals surface area contributed by atoms with Crippen molar-refractivity contribution >= 4 is 5.91 Å². The second-order valence-corrected chi connectivity index (χ2v) is 5.43. The van der Waals surface area contributed by atoms with E-state index in [4.69, 9.17) is 9.84 Å². The van der Waals surface area contributed by atoms with Crippen LogP contribution in [0.25, 0.3) is 0 Å². The maximum atomic E-state index is 12.2. The third-order valence-corrected chi connectivity index (χ3v) is 3.65. The molecule has 2 rings (SSSR count). The highest BCUT2D eigenvalue weighted by molar-refractivity contribution is 5.81. The van der Waals surface area contributed by atoms with E-state index in [-0.39, 0.29) is 12.5 Å². The molecule has 1 saturated heterocycles. The number of likely N-dealkylation sites (tertiary alicyclic amines) is 1. The summed E-state index contributed by atoms with van der Waals surface area (Å²) in [6.07, 6.45) is -0.507. The molecular weight excluding hydrogens is 256 g/mol. The molecule has 1 N–H and O–H groups in total. The van der Waals surface area contributed by atoms with Crippen molar-refractivity contribution in [3.05, 3.63) is 29.8 Å². The minimum absolute atomic E-state index is 0.0116. The van der Waals surface area contributed by atoms with Gasteiger partial charge < -0.3 is 19.6 Å². The molecule has 1 aromatic rings. The zero-order valence-electron chi connectivity index (χ0n) is 12.2. The van der Waals surface area contributed by atoms with Crippen LogP contribution in [0.15, 0.2) is 24.3 Å². The highest BCUT2D eigenvalue weighted by Crippen LogP contribution is 2.18. The second kappa shape index (κ2) is 6.24. The van der Waals surface area contributed by atoms with E-state index < -0.39 is 6.10 Å². The van der Waals surface area contributed by atoms with Crippen molar-refractivity contribution in [1.82, 2.24) is 9.80 Å². The molecule has 20 heavy (non-hydrogen) atoms. The molecule has 110 valence electrons. The van der Waals surface area contributed by atoms with Gasteiger partial charge in [-0.1, -0.05) is 12.1 Å². The van der Waals surface area contributed by atoms with E-state index in [9.17, 15) is 4.79 Å². The summed E-state index contributed by atoms with van der Waals surface area (Å²) in [4.78, 5) is 16.1. The molecular formula is C15H22N2O3. The molecule has 1 aliphatic heterocycles. The first-order valence-electron chi connectivity index (χ1n) is 6.83. The van der Waals surface area contributed by atoms with Gasteiger partial charge in [0.15, 0.2) is 6.10 Å². The number of aliphatic hydroxyl groups is 1. The van der Waals surface area contributed by atoms with Gasteiger partial charge in [0.25, 0.3) is 5.91 Å². The number of hydrogen-bond acceptors (Lipinski definition) is 4. The third kappa shape index (κ3) is 3.29. The van der Waals surface area contributed by atoms with Crippen LogP contribution in [-0.2, 0) is 11.4 Å². The fourth-order valence-electron chi connectivity index (χ4n) is 2.19. The molecule has 0 aliphatic carbocycles. The average Bonchev–Trinajstić information content (AvgIpc) is 2.36. The highest BCUT2D eigenvalue weighted by Gasteiger charge is 2.34. The zero-order chi connectivity index (χ0) is 14.7. The largest absolute Gasteiger partial charge is 0.481 e. The van der Waals surface area contributed by atoms with E-state index >= 15 is 0 Å². The number of carbonyl (C=O) groups excluding carboxylic acids is 1. The Labute approximate surface area is 119 Å². The van der Waals surface area contributed by atoms with Crippen LogP contribution in [0.1, 0.15) is 12.5 Å². The summed E-state index contributed by atoms with van der Waals surface area (Å²) in [5.41, 5.74) is 0.777. The Morgan fingerprint density at radius 2 is 2.20 bits per heavy atom. The van der Waals surface area contributed by atoms with Crippen molar-refractivity contribution in [3.8, 4) is 5.75 Å².